The van der Waals surface area contributed by atoms with Crippen LogP contribution in [-0.2, 0) is 16.0 Å². The average Bonchev–Trinajstić information content (AvgIpc) is 3.25. The first kappa shape index (κ1) is 23.4. The third-order valence-corrected chi connectivity index (χ3v) is 6.72. The van der Waals surface area contributed by atoms with Crippen LogP contribution in [0.3, 0.4) is 0 Å². The van der Waals surface area contributed by atoms with Crippen LogP contribution < -0.4 is 0 Å². The molecule has 4 nitrogen and oxygen atoms in total. The Morgan fingerprint density at radius 3 is 2.03 bits per heavy atom. The fourth-order valence-electron chi connectivity index (χ4n) is 4.78. The molecule has 1 aliphatic heterocycles. The second kappa shape index (κ2) is 10.1. The van der Waals surface area contributed by atoms with Gasteiger partial charge >= 0.3 is 5.97 Å². The van der Waals surface area contributed by atoms with E-state index in [9.17, 15) is 9.59 Å². The SMILES string of the molecule is Cc1ccc([C@@H](CC(=O)c2ccccc2)[C@@]2(Cc3ccccc3)N=C(c3ccccc3)OC2=O)cc1. The Morgan fingerprint density at radius 1 is 0.806 bits per heavy atom. The van der Waals surface area contributed by atoms with Gasteiger partial charge in [0.05, 0.1) is 0 Å². The smallest absolute Gasteiger partial charge is 0.341 e. The Hall–Kier alpha value is -4.31. The molecular weight excluding hydrogens is 446 g/mol. The van der Waals surface area contributed by atoms with Gasteiger partial charge in [-0.1, -0.05) is 109 Å². The lowest BCUT2D eigenvalue weighted by molar-refractivity contribution is -0.139. The molecule has 0 aromatic heterocycles. The molecule has 1 aliphatic rings. The number of hydrogen-bond donors (Lipinski definition) is 0. The number of carbonyl (C=O) groups is 2. The van der Waals surface area contributed by atoms with Crippen molar-refractivity contribution in [1.29, 1.82) is 0 Å². The van der Waals surface area contributed by atoms with E-state index in [2.05, 4.69) is 0 Å². The summed E-state index contributed by atoms with van der Waals surface area (Å²) in [5.41, 5.74) is 3.01. The van der Waals surface area contributed by atoms with Crippen molar-refractivity contribution in [2.45, 2.75) is 31.2 Å². The first-order chi connectivity index (χ1) is 17.5. The van der Waals surface area contributed by atoms with Gasteiger partial charge in [0.25, 0.3) is 0 Å². The quantitative estimate of drug-likeness (QED) is 0.222. The van der Waals surface area contributed by atoms with Crippen LogP contribution in [-0.4, -0.2) is 23.2 Å². The van der Waals surface area contributed by atoms with E-state index < -0.39 is 17.4 Å². The molecule has 4 aromatic rings. The number of esters is 1. The lowest BCUT2D eigenvalue weighted by Crippen LogP contribution is -2.43. The maximum Gasteiger partial charge on any atom is 0.341 e. The van der Waals surface area contributed by atoms with Crippen LogP contribution in [0.5, 0.6) is 0 Å². The van der Waals surface area contributed by atoms with E-state index in [1.54, 1.807) is 0 Å². The molecule has 4 heteroatoms. The van der Waals surface area contributed by atoms with Crippen molar-refractivity contribution in [3.05, 3.63) is 143 Å². The van der Waals surface area contributed by atoms with Crippen molar-refractivity contribution in [2.24, 2.45) is 4.99 Å². The molecule has 0 fully saturated rings. The van der Waals surface area contributed by atoms with Gasteiger partial charge < -0.3 is 4.74 Å². The number of aliphatic imine (C=N–C) groups is 1. The van der Waals surface area contributed by atoms with Gasteiger partial charge in [-0.25, -0.2) is 9.79 Å². The zero-order valence-corrected chi connectivity index (χ0v) is 20.1. The summed E-state index contributed by atoms with van der Waals surface area (Å²) in [5, 5.41) is 0. The van der Waals surface area contributed by atoms with Crippen molar-refractivity contribution in [3.8, 4) is 0 Å². The minimum absolute atomic E-state index is 0.0372. The number of rotatable bonds is 8. The summed E-state index contributed by atoms with van der Waals surface area (Å²) < 4.78 is 5.85. The van der Waals surface area contributed by atoms with Gasteiger partial charge in [-0.2, -0.15) is 0 Å². The number of nitrogens with zero attached hydrogens (tertiary/aromatic N) is 1. The van der Waals surface area contributed by atoms with Crippen LogP contribution in [0.15, 0.2) is 120 Å². The molecule has 0 aliphatic carbocycles. The summed E-state index contributed by atoms with van der Waals surface area (Å²) in [5.74, 6) is -0.693. The van der Waals surface area contributed by atoms with Crippen molar-refractivity contribution in [3.63, 3.8) is 0 Å². The maximum atomic E-state index is 13.8. The highest BCUT2D eigenvalue weighted by Gasteiger charge is 2.53. The Labute approximate surface area is 211 Å². The van der Waals surface area contributed by atoms with Gasteiger partial charge in [0.1, 0.15) is 0 Å². The van der Waals surface area contributed by atoms with E-state index in [0.29, 0.717) is 17.9 Å². The fraction of sp³-hybridized carbons (Fsp3) is 0.156. The molecule has 36 heavy (non-hydrogen) atoms. The standard InChI is InChI=1S/C32H27NO3/c1-23-17-19-25(20-18-23)28(21-29(34)26-13-7-3-8-14-26)32(22-24-11-5-2-6-12-24)31(35)36-30(33-32)27-15-9-4-10-16-27/h2-20,28H,21-22H2,1H3/t28-,32-/m1/s1. The molecular formula is C32H27NO3. The molecule has 4 aromatic carbocycles. The van der Waals surface area contributed by atoms with Crippen molar-refractivity contribution in [2.75, 3.05) is 0 Å². The Balaban J connectivity index is 1.66. The highest BCUT2D eigenvalue weighted by Crippen LogP contribution is 2.43. The number of ether oxygens (including phenoxy) is 1. The highest BCUT2D eigenvalue weighted by atomic mass is 16.6. The number of hydrogen-bond acceptors (Lipinski definition) is 4. The maximum absolute atomic E-state index is 13.8. The van der Waals surface area contributed by atoms with Crippen LogP contribution in [0.4, 0.5) is 0 Å². The molecule has 0 bridgehead atoms. The van der Waals surface area contributed by atoms with Crippen molar-refractivity contribution in [1.82, 2.24) is 0 Å². The van der Waals surface area contributed by atoms with Crippen LogP contribution in [0.2, 0.25) is 0 Å². The number of Topliss-reactive ketones (excluding diaryl/α,β-unsaturated/α-hetero) is 1. The van der Waals surface area contributed by atoms with E-state index in [0.717, 1.165) is 22.3 Å². The Kier molecular flexibility index (Phi) is 6.59. The number of ketones is 1. The van der Waals surface area contributed by atoms with E-state index in [4.69, 9.17) is 9.73 Å². The monoisotopic (exact) mass is 473 g/mol. The van der Waals surface area contributed by atoms with Gasteiger partial charge in [-0.3, -0.25) is 4.79 Å². The molecule has 5 rings (SSSR count). The molecule has 0 saturated heterocycles. The van der Waals surface area contributed by atoms with Gasteiger partial charge in [0, 0.05) is 29.9 Å². The summed E-state index contributed by atoms with van der Waals surface area (Å²) in [7, 11) is 0. The summed E-state index contributed by atoms with van der Waals surface area (Å²) in [6.45, 7) is 2.02. The normalized spacial score (nSPS) is 17.8. The van der Waals surface area contributed by atoms with Crippen LogP contribution in [0.25, 0.3) is 0 Å². The van der Waals surface area contributed by atoms with Crippen molar-refractivity contribution >= 4 is 17.7 Å². The molecule has 0 spiro atoms. The minimum Gasteiger partial charge on any atom is -0.405 e. The van der Waals surface area contributed by atoms with Gasteiger partial charge in [-0.15, -0.1) is 0 Å². The van der Waals surface area contributed by atoms with Gasteiger partial charge in [0.2, 0.25) is 5.90 Å². The second-order valence-electron chi connectivity index (χ2n) is 9.22. The van der Waals surface area contributed by atoms with Gasteiger partial charge in [-0.05, 0) is 30.2 Å². The number of benzene rings is 4. The minimum atomic E-state index is -1.29. The zero-order valence-electron chi connectivity index (χ0n) is 20.1. The largest absolute Gasteiger partial charge is 0.405 e. The predicted molar refractivity (Wildman–Crippen MR) is 141 cm³/mol. The second-order valence-corrected chi connectivity index (χ2v) is 9.22. The van der Waals surface area contributed by atoms with Gasteiger partial charge in [0.15, 0.2) is 11.3 Å². The molecule has 2 atom stereocenters. The van der Waals surface area contributed by atoms with E-state index >= 15 is 0 Å². The van der Waals surface area contributed by atoms with Crippen LogP contribution >= 0.6 is 0 Å². The lowest BCUT2D eigenvalue weighted by Gasteiger charge is -2.32. The number of carbonyl (C=O) groups excluding carboxylic acids is 2. The predicted octanol–water partition coefficient (Wildman–Crippen LogP) is 6.34. The summed E-state index contributed by atoms with van der Waals surface area (Å²) >= 11 is 0. The third-order valence-electron chi connectivity index (χ3n) is 6.72. The average molecular weight is 474 g/mol. The summed E-state index contributed by atoms with van der Waals surface area (Å²) in [4.78, 5) is 32.3. The molecule has 0 unspecified atom stereocenters. The first-order valence-electron chi connectivity index (χ1n) is 12.1. The molecule has 0 N–H and O–H groups in total. The number of aryl methyl sites for hydroxylation is 1. The Bertz CT molecular complexity index is 1380. The molecule has 1 heterocycles. The molecule has 0 saturated carbocycles. The third kappa shape index (κ3) is 4.76. The fourth-order valence-corrected chi connectivity index (χ4v) is 4.78. The van der Waals surface area contributed by atoms with Crippen LogP contribution in [0.1, 0.15) is 45.0 Å². The molecule has 178 valence electrons. The van der Waals surface area contributed by atoms with Crippen molar-refractivity contribution < 1.29 is 14.3 Å². The number of cyclic esters (lactones) is 1. The Morgan fingerprint density at radius 2 is 1.39 bits per heavy atom. The van der Waals surface area contributed by atoms with E-state index in [1.807, 2.05) is 122 Å². The van der Waals surface area contributed by atoms with E-state index in [-0.39, 0.29) is 12.2 Å². The molecule has 0 radical (unpaired) electrons. The topological polar surface area (TPSA) is 55.7 Å². The highest BCUT2D eigenvalue weighted by molar-refractivity contribution is 6.09. The molecule has 0 amide bonds. The summed E-state index contributed by atoms with van der Waals surface area (Å²) in [6.07, 6.45) is 0.449. The van der Waals surface area contributed by atoms with E-state index in [1.165, 1.54) is 0 Å². The lowest BCUT2D eigenvalue weighted by atomic mass is 9.73. The van der Waals surface area contributed by atoms with Crippen LogP contribution in [0, 0.1) is 6.92 Å². The summed E-state index contributed by atoms with van der Waals surface area (Å²) in [6, 6.07) is 36.4. The zero-order chi connectivity index (χ0) is 25.0. The first-order valence-corrected chi connectivity index (χ1v) is 12.1.